The SMILES string of the molecule is C=C1CCN(C2=CC(CCCCCCC)=C(C)CC2)C(=O)N1CC1=C2\C=CNC2CCC/C=C\1. The topological polar surface area (TPSA) is 35.6 Å². The maximum Gasteiger partial charge on any atom is 0.328 e. The Morgan fingerprint density at radius 2 is 1.94 bits per heavy atom. The van der Waals surface area contributed by atoms with Crippen molar-refractivity contribution in [3.8, 4) is 0 Å². The van der Waals surface area contributed by atoms with E-state index in [9.17, 15) is 4.79 Å². The third-order valence-corrected chi connectivity index (χ3v) is 7.83. The van der Waals surface area contributed by atoms with Crippen molar-refractivity contribution in [2.24, 2.45) is 0 Å². The van der Waals surface area contributed by atoms with Crippen LogP contribution in [0.25, 0.3) is 0 Å². The van der Waals surface area contributed by atoms with E-state index in [4.69, 9.17) is 0 Å². The first-order valence-electron chi connectivity index (χ1n) is 13.6. The van der Waals surface area contributed by atoms with Gasteiger partial charge >= 0.3 is 6.03 Å². The normalized spacial score (nSPS) is 26.3. The zero-order valence-electron chi connectivity index (χ0n) is 21.4. The van der Waals surface area contributed by atoms with Crippen LogP contribution in [-0.4, -0.2) is 35.0 Å². The molecule has 0 aromatic carbocycles. The summed E-state index contributed by atoms with van der Waals surface area (Å²) >= 11 is 0. The quantitative estimate of drug-likeness (QED) is 0.361. The third kappa shape index (κ3) is 5.76. The summed E-state index contributed by atoms with van der Waals surface area (Å²) in [5, 5.41) is 3.49. The number of amides is 2. The highest BCUT2D eigenvalue weighted by Crippen LogP contribution is 2.33. The summed E-state index contributed by atoms with van der Waals surface area (Å²) in [6.45, 7) is 10.2. The summed E-state index contributed by atoms with van der Waals surface area (Å²) < 4.78 is 0. The van der Waals surface area contributed by atoms with E-state index >= 15 is 0 Å². The van der Waals surface area contributed by atoms with Crippen molar-refractivity contribution in [3.05, 3.63) is 70.8 Å². The molecule has 2 aliphatic carbocycles. The van der Waals surface area contributed by atoms with Gasteiger partial charge in [-0.05, 0) is 86.9 Å². The highest BCUT2D eigenvalue weighted by Gasteiger charge is 2.32. The zero-order valence-corrected chi connectivity index (χ0v) is 21.4. The zero-order chi connectivity index (χ0) is 23.9. The Bertz CT molecular complexity index is 933. The molecule has 2 heterocycles. The number of nitrogens with zero attached hydrogens (tertiary/aromatic N) is 2. The molecule has 34 heavy (non-hydrogen) atoms. The van der Waals surface area contributed by atoms with Gasteiger partial charge in [-0.3, -0.25) is 9.80 Å². The van der Waals surface area contributed by atoms with Crippen molar-refractivity contribution in [1.82, 2.24) is 15.1 Å². The number of nitrogens with one attached hydrogen (secondary N) is 1. The summed E-state index contributed by atoms with van der Waals surface area (Å²) in [6.07, 6.45) is 25.0. The highest BCUT2D eigenvalue weighted by molar-refractivity contribution is 5.80. The van der Waals surface area contributed by atoms with E-state index in [1.807, 2.05) is 9.80 Å². The van der Waals surface area contributed by atoms with Gasteiger partial charge in [-0.25, -0.2) is 4.79 Å². The van der Waals surface area contributed by atoms with Gasteiger partial charge in [-0.1, -0.05) is 56.9 Å². The van der Waals surface area contributed by atoms with Crippen LogP contribution < -0.4 is 5.32 Å². The molecular formula is C30H43N3O. The van der Waals surface area contributed by atoms with E-state index < -0.39 is 0 Å². The minimum absolute atomic E-state index is 0.0967. The Morgan fingerprint density at radius 1 is 1.09 bits per heavy atom. The van der Waals surface area contributed by atoms with Gasteiger partial charge in [0.25, 0.3) is 0 Å². The number of allylic oxidation sites excluding steroid dienone is 5. The molecule has 0 radical (unpaired) electrons. The number of hydrogen-bond acceptors (Lipinski definition) is 2. The van der Waals surface area contributed by atoms with Crippen molar-refractivity contribution < 1.29 is 4.79 Å². The van der Waals surface area contributed by atoms with E-state index in [1.165, 1.54) is 66.5 Å². The molecule has 2 amide bonds. The second-order valence-corrected chi connectivity index (χ2v) is 10.3. The van der Waals surface area contributed by atoms with Gasteiger partial charge in [0.05, 0.1) is 12.6 Å². The average molecular weight is 462 g/mol. The molecule has 1 atom stereocenters. The minimum atomic E-state index is 0.0967. The fourth-order valence-electron chi connectivity index (χ4n) is 5.59. The second kappa shape index (κ2) is 11.8. The fraction of sp³-hybridized carbons (Fsp3) is 0.567. The number of fused-ring (bicyclic) bond motifs is 1. The first-order valence-corrected chi connectivity index (χ1v) is 13.6. The molecule has 0 saturated carbocycles. The number of carbonyl (C=O) groups is 1. The maximum atomic E-state index is 13.7. The predicted molar refractivity (Wildman–Crippen MR) is 142 cm³/mol. The van der Waals surface area contributed by atoms with Crippen LogP contribution >= 0.6 is 0 Å². The van der Waals surface area contributed by atoms with Crippen molar-refractivity contribution >= 4 is 6.03 Å². The third-order valence-electron chi connectivity index (χ3n) is 7.83. The van der Waals surface area contributed by atoms with Crippen molar-refractivity contribution in [3.63, 3.8) is 0 Å². The monoisotopic (exact) mass is 461 g/mol. The van der Waals surface area contributed by atoms with Gasteiger partial charge < -0.3 is 5.32 Å². The molecular weight excluding hydrogens is 418 g/mol. The molecule has 184 valence electrons. The van der Waals surface area contributed by atoms with Gasteiger partial charge in [-0.2, -0.15) is 0 Å². The Balaban J connectivity index is 1.47. The van der Waals surface area contributed by atoms with Gasteiger partial charge in [0.2, 0.25) is 0 Å². The molecule has 4 heteroatoms. The Labute approximate surface area is 206 Å². The number of rotatable bonds is 9. The van der Waals surface area contributed by atoms with Gasteiger partial charge in [-0.15, -0.1) is 0 Å². The molecule has 1 fully saturated rings. The second-order valence-electron chi connectivity index (χ2n) is 10.3. The van der Waals surface area contributed by atoms with E-state index in [0.29, 0.717) is 12.6 Å². The average Bonchev–Trinajstić information content (AvgIpc) is 3.27. The molecule has 2 aliphatic heterocycles. The molecule has 4 nitrogen and oxygen atoms in total. The number of unbranched alkanes of at least 4 members (excludes halogenated alkanes) is 4. The lowest BCUT2D eigenvalue weighted by atomic mass is 9.92. The molecule has 4 aliphatic rings. The lowest BCUT2D eigenvalue weighted by Crippen LogP contribution is -2.48. The molecule has 0 spiro atoms. The summed E-state index contributed by atoms with van der Waals surface area (Å²) in [6, 6.07) is 0.470. The Morgan fingerprint density at radius 3 is 2.79 bits per heavy atom. The molecule has 1 saturated heterocycles. The number of hydrogen-bond donors (Lipinski definition) is 1. The van der Waals surface area contributed by atoms with Crippen LogP contribution in [0.3, 0.4) is 0 Å². The summed E-state index contributed by atoms with van der Waals surface area (Å²) in [7, 11) is 0. The predicted octanol–water partition coefficient (Wildman–Crippen LogP) is 7.50. The minimum Gasteiger partial charge on any atom is -0.384 e. The fourth-order valence-corrected chi connectivity index (χ4v) is 5.59. The molecule has 1 unspecified atom stereocenters. The van der Waals surface area contributed by atoms with Crippen LogP contribution in [0.1, 0.15) is 90.9 Å². The summed E-state index contributed by atoms with van der Waals surface area (Å²) in [5.41, 5.74) is 7.67. The summed E-state index contributed by atoms with van der Waals surface area (Å²) in [5.74, 6) is 0. The molecule has 0 aromatic rings. The lowest BCUT2D eigenvalue weighted by Gasteiger charge is -2.39. The van der Waals surface area contributed by atoms with Crippen LogP contribution in [0.5, 0.6) is 0 Å². The number of carbonyl (C=O) groups excluding carboxylic acids is 1. The van der Waals surface area contributed by atoms with Gasteiger partial charge in [0.1, 0.15) is 0 Å². The van der Waals surface area contributed by atoms with Crippen LogP contribution in [0.4, 0.5) is 4.79 Å². The molecule has 0 aromatic heterocycles. The maximum absolute atomic E-state index is 13.7. The van der Waals surface area contributed by atoms with Crippen LogP contribution in [0.15, 0.2) is 70.8 Å². The smallest absolute Gasteiger partial charge is 0.328 e. The van der Waals surface area contributed by atoms with Crippen molar-refractivity contribution in [1.29, 1.82) is 0 Å². The highest BCUT2D eigenvalue weighted by atomic mass is 16.2. The standard InChI is InChI=1S/C30H43N3O/c1-4-5-6-7-9-12-25-21-27(16-15-23(25)2)32-20-18-24(3)33(30(32)34)22-26-13-10-8-11-14-29-28(26)17-19-31-29/h10,13,17,19,21,29,31H,3-9,11-12,14-16,18,20,22H2,1-2H3/b13-10-,28-26+. The first kappa shape index (κ1) is 24.6. The van der Waals surface area contributed by atoms with Crippen LogP contribution in [0.2, 0.25) is 0 Å². The van der Waals surface area contributed by atoms with Crippen LogP contribution in [-0.2, 0) is 0 Å². The Kier molecular flexibility index (Phi) is 8.53. The van der Waals surface area contributed by atoms with E-state index in [-0.39, 0.29) is 6.03 Å². The number of urea groups is 1. The lowest BCUT2D eigenvalue weighted by molar-refractivity contribution is 0.165. The van der Waals surface area contributed by atoms with Gasteiger partial charge in [0.15, 0.2) is 0 Å². The van der Waals surface area contributed by atoms with E-state index in [0.717, 1.165) is 50.8 Å². The molecule has 1 N–H and O–H groups in total. The van der Waals surface area contributed by atoms with E-state index in [1.54, 1.807) is 0 Å². The first-order chi connectivity index (χ1) is 16.6. The molecule has 0 bridgehead atoms. The van der Waals surface area contributed by atoms with Crippen molar-refractivity contribution in [2.75, 3.05) is 13.1 Å². The van der Waals surface area contributed by atoms with Crippen molar-refractivity contribution in [2.45, 2.75) is 96.9 Å². The largest absolute Gasteiger partial charge is 0.384 e. The van der Waals surface area contributed by atoms with E-state index in [2.05, 4.69) is 56.2 Å². The van der Waals surface area contributed by atoms with Crippen LogP contribution in [0, 0.1) is 0 Å². The molecule has 4 rings (SSSR count). The Hall–Kier alpha value is -2.49. The summed E-state index contributed by atoms with van der Waals surface area (Å²) in [4.78, 5) is 17.7. The van der Waals surface area contributed by atoms with Gasteiger partial charge in [0, 0.05) is 24.4 Å².